The molecule has 0 aliphatic rings. The van der Waals surface area contributed by atoms with Crippen molar-refractivity contribution >= 4 is 10.8 Å². The van der Waals surface area contributed by atoms with Gasteiger partial charge in [-0.15, -0.1) is 0 Å². The van der Waals surface area contributed by atoms with Crippen LogP contribution >= 0.6 is 0 Å². The average Bonchev–Trinajstić information content (AvgIpc) is 2.64. The molecule has 4 aromatic carbocycles. The summed E-state index contributed by atoms with van der Waals surface area (Å²) >= 11 is 0. The van der Waals surface area contributed by atoms with E-state index in [4.69, 9.17) is 0 Å². The second-order valence-electron chi connectivity index (χ2n) is 6.00. The molecule has 1 N–H and O–H groups in total. The molecule has 24 heavy (non-hydrogen) atoms. The molecule has 0 unspecified atom stereocenters. The summed E-state index contributed by atoms with van der Waals surface area (Å²) in [4.78, 5) is 0. The second kappa shape index (κ2) is 5.86. The van der Waals surface area contributed by atoms with Crippen molar-refractivity contribution in [2.75, 3.05) is 0 Å². The van der Waals surface area contributed by atoms with E-state index in [9.17, 15) is 5.11 Å². The monoisotopic (exact) mass is 310 g/mol. The van der Waals surface area contributed by atoms with Gasteiger partial charge in [-0.1, -0.05) is 84.9 Å². The fraction of sp³-hybridized carbons (Fsp3) is 0.0435. The number of aromatic hydroxyl groups is 1. The van der Waals surface area contributed by atoms with Gasteiger partial charge >= 0.3 is 0 Å². The Kier molecular flexibility index (Phi) is 3.55. The standard InChI is InChI=1S/C23H18O/c1-16-21(17-10-4-2-5-11-17)19-14-8-9-15-20(19)23(24)22(16)18-12-6-3-7-13-18/h2-15,24H,1H3. The molecule has 0 aromatic heterocycles. The first-order valence-electron chi connectivity index (χ1n) is 8.12. The molecule has 4 aromatic rings. The molecular formula is C23H18O. The van der Waals surface area contributed by atoms with Crippen molar-refractivity contribution in [2.45, 2.75) is 6.92 Å². The lowest BCUT2D eigenvalue weighted by Gasteiger charge is -2.18. The molecule has 0 amide bonds. The lowest BCUT2D eigenvalue weighted by Crippen LogP contribution is -1.92. The fourth-order valence-corrected chi connectivity index (χ4v) is 3.48. The van der Waals surface area contributed by atoms with Crippen LogP contribution in [0.4, 0.5) is 0 Å². The van der Waals surface area contributed by atoms with Gasteiger partial charge in [-0.2, -0.15) is 0 Å². The fourth-order valence-electron chi connectivity index (χ4n) is 3.48. The first kappa shape index (κ1) is 14.5. The SMILES string of the molecule is Cc1c(-c2ccccc2)c(O)c2ccccc2c1-c1ccccc1. The first-order valence-corrected chi connectivity index (χ1v) is 8.12. The van der Waals surface area contributed by atoms with Crippen LogP contribution in [0.25, 0.3) is 33.0 Å². The smallest absolute Gasteiger partial charge is 0.131 e. The molecule has 0 aliphatic heterocycles. The minimum absolute atomic E-state index is 0.356. The van der Waals surface area contributed by atoms with Crippen LogP contribution in [0.1, 0.15) is 5.56 Å². The summed E-state index contributed by atoms with van der Waals surface area (Å²) in [5.74, 6) is 0.356. The highest BCUT2D eigenvalue weighted by Gasteiger charge is 2.18. The minimum atomic E-state index is 0.356. The Morgan fingerprint density at radius 1 is 0.542 bits per heavy atom. The maximum atomic E-state index is 11.0. The molecule has 0 saturated carbocycles. The van der Waals surface area contributed by atoms with E-state index in [0.717, 1.165) is 27.5 Å². The average molecular weight is 310 g/mol. The molecule has 0 bridgehead atoms. The van der Waals surface area contributed by atoms with E-state index in [0.29, 0.717) is 5.75 Å². The van der Waals surface area contributed by atoms with Crippen LogP contribution < -0.4 is 0 Å². The van der Waals surface area contributed by atoms with Gasteiger partial charge in [0, 0.05) is 10.9 Å². The third-order valence-corrected chi connectivity index (χ3v) is 4.56. The maximum absolute atomic E-state index is 11.0. The van der Waals surface area contributed by atoms with Gasteiger partial charge in [0.25, 0.3) is 0 Å². The number of hydrogen-bond donors (Lipinski definition) is 1. The molecule has 116 valence electrons. The molecule has 0 saturated heterocycles. The molecule has 1 heteroatoms. The molecule has 0 radical (unpaired) electrons. The molecule has 1 nitrogen and oxygen atoms in total. The van der Waals surface area contributed by atoms with Crippen molar-refractivity contribution in [3.8, 4) is 28.0 Å². The highest BCUT2D eigenvalue weighted by Crippen LogP contribution is 2.44. The van der Waals surface area contributed by atoms with Gasteiger partial charge < -0.3 is 5.11 Å². The summed E-state index contributed by atoms with van der Waals surface area (Å²) in [6.45, 7) is 2.09. The van der Waals surface area contributed by atoms with E-state index in [1.807, 2.05) is 54.6 Å². The van der Waals surface area contributed by atoms with Crippen LogP contribution in [0.5, 0.6) is 5.75 Å². The Morgan fingerprint density at radius 3 is 1.58 bits per heavy atom. The number of rotatable bonds is 2. The maximum Gasteiger partial charge on any atom is 0.131 e. The van der Waals surface area contributed by atoms with E-state index in [-0.39, 0.29) is 0 Å². The summed E-state index contributed by atoms with van der Waals surface area (Å²) in [7, 11) is 0. The topological polar surface area (TPSA) is 20.2 Å². The van der Waals surface area contributed by atoms with E-state index in [2.05, 4.69) is 37.3 Å². The van der Waals surface area contributed by atoms with Crippen molar-refractivity contribution in [2.24, 2.45) is 0 Å². The van der Waals surface area contributed by atoms with Crippen LogP contribution in [0.2, 0.25) is 0 Å². The van der Waals surface area contributed by atoms with Crippen LogP contribution in [0.3, 0.4) is 0 Å². The Balaban J connectivity index is 2.16. The summed E-state index contributed by atoms with van der Waals surface area (Å²) in [6.07, 6.45) is 0. The third-order valence-electron chi connectivity index (χ3n) is 4.56. The van der Waals surface area contributed by atoms with E-state index < -0.39 is 0 Å². The van der Waals surface area contributed by atoms with Crippen molar-refractivity contribution < 1.29 is 5.11 Å². The van der Waals surface area contributed by atoms with Gasteiger partial charge in [-0.05, 0) is 34.6 Å². The van der Waals surface area contributed by atoms with Gasteiger partial charge in [-0.3, -0.25) is 0 Å². The van der Waals surface area contributed by atoms with E-state index in [1.165, 1.54) is 11.1 Å². The molecule has 0 heterocycles. The number of phenols is 1. The van der Waals surface area contributed by atoms with Gasteiger partial charge in [0.15, 0.2) is 0 Å². The van der Waals surface area contributed by atoms with Crippen LogP contribution in [0.15, 0.2) is 84.9 Å². The van der Waals surface area contributed by atoms with Crippen molar-refractivity contribution in [1.82, 2.24) is 0 Å². The third kappa shape index (κ3) is 2.26. The van der Waals surface area contributed by atoms with Crippen molar-refractivity contribution in [3.05, 3.63) is 90.5 Å². The van der Waals surface area contributed by atoms with Crippen LogP contribution in [0, 0.1) is 6.92 Å². The number of fused-ring (bicyclic) bond motifs is 1. The van der Waals surface area contributed by atoms with Crippen molar-refractivity contribution in [1.29, 1.82) is 0 Å². The first-order chi connectivity index (χ1) is 11.8. The molecule has 0 aliphatic carbocycles. The highest BCUT2D eigenvalue weighted by molar-refractivity contribution is 6.06. The van der Waals surface area contributed by atoms with Crippen LogP contribution in [-0.2, 0) is 0 Å². The summed E-state index contributed by atoms with van der Waals surface area (Å²) in [5, 5.41) is 12.9. The zero-order chi connectivity index (χ0) is 16.5. The number of hydrogen-bond acceptors (Lipinski definition) is 1. The van der Waals surface area contributed by atoms with Gasteiger partial charge in [0.05, 0.1) is 0 Å². The summed E-state index contributed by atoms with van der Waals surface area (Å²) in [5.41, 5.74) is 5.40. The largest absolute Gasteiger partial charge is 0.507 e. The van der Waals surface area contributed by atoms with Gasteiger partial charge in [-0.25, -0.2) is 0 Å². The van der Waals surface area contributed by atoms with Crippen molar-refractivity contribution in [3.63, 3.8) is 0 Å². The lowest BCUT2D eigenvalue weighted by atomic mass is 9.87. The normalized spacial score (nSPS) is 10.9. The summed E-state index contributed by atoms with van der Waals surface area (Å²) < 4.78 is 0. The number of phenolic OH excluding ortho intramolecular Hbond substituents is 1. The Hall–Kier alpha value is -3.06. The molecule has 0 fully saturated rings. The quantitative estimate of drug-likeness (QED) is 0.468. The second-order valence-corrected chi connectivity index (χ2v) is 6.00. The molecule has 0 atom stereocenters. The van der Waals surface area contributed by atoms with Gasteiger partial charge in [0.2, 0.25) is 0 Å². The minimum Gasteiger partial charge on any atom is -0.507 e. The van der Waals surface area contributed by atoms with Crippen LogP contribution in [-0.4, -0.2) is 5.11 Å². The predicted octanol–water partition coefficient (Wildman–Crippen LogP) is 6.19. The molecular weight excluding hydrogens is 292 g/mol. The Bertz CT molecular complexity index is 1000. The Labute approximate surface area is 141 Å². The summed E-state index contributed by atoms with van der Waals surface area (Å²) in [6, 6.07) is 28.6. The van der Waals surface area contributed by atoms with Gasteiger partial charge in [0.1, 0.15) is 5.75 Å². The van der Waals surface area contributed by atoms with E-state index >= 15 is 0 Å². The predicted molar refractivity (Wildman–Crippen MR) is 101 cm³/mol. The zero-order valence-corrected chi connectivity index (χ0v) is 13.5. The van der Waals surface area contributed by atoms with E-state index in [1.54, 1.807) is 0 Å². The number of benzene rings is 4. The molecule has 4 rings (SSSR count). The highest BCUT2D eigenvalue weighted by atomic mass is 16.3. The lowest BCUT2D eigenvalue weighted by molar-refractivity contribution is 0.483. The Morgan fingerprint density at radius 2 is 1.00 bits per heavy atom. The zero-order valence-electron chi connectivity index (χ0n) is 13.5. The molecule has 0 spiro atoms.